The van der Waals surface area contributed by atoms with E-state index in [1.807, 2.05) is 42.5 Å². The zero-order valence-corrected chi connectivity index (χ0v) is 16.0. The lowest BCUT2D eigenvalue weighted by Gasteiger charge is -2.26. The molecule has 1 saturated heterocycles. The van der Waals surface area contributed by atoms with Gasteiger partial charge in [-0.05, 0) is 37.2 Å². The maximum Gasteiger partial charge on any atom is 0.252 e. The van der Waals surface area contributed by atoms with Crippen LogP contribution in [-0.4, -0.2) is 50.2 Å². The monoisotopic (exact) mass is 381 g/mol. The van der Waals surface area contributed by atoms with Crippen molar-refractivity contribution in [2.45, 2.75) is 16.2 Å². The minimum atomic E-state index is -0.0745. The van der Waals surface area contributed by atoms with E-state index in [1.165, 1.54) is 11.8 Å². The Kier molecular flexibility index (Phi) is 7.28. The molecule has 1 aliphatic rings. The Balaban J connectivity index is 1.58. The lowest BCUT2D eigenvalue weighted by Crippen LogP contribution is -2.38. The van der Waals surface area contributed by atoms with Gasteiger partial charge in [0.05, 0.1) is 24.3 Å². The van der Waals surface area contributed by atoms with Crippen molar-refractivity contribution in [2.75, 3.05) is 39.4 Å². The van der Waals surface area contributed by atoms with Crippen LogP contribution in [0.5, 0.6) is 0 Å². The number of carbonyl (C=O) groups excluding carboxylic acids is 1. The maximum absolute atomic E-state index is 12.6. The van der Waals surface area contributed by atoms with Crippen LogP contribution in [-0.2, 0) is 4.74 Å². The first kappa shape index (κ1) is 19.4. The molecule has 1 N–H and O–H groups in total. The van der Waals surface area contributed by atoms with Gasteiger partial charge in [-0.25, -0.2) is 0 Å². The predicted molar refractivity (Wildman–Crippen MR) is 106 cm³/mol. The third-order valence-corrected chi connectivity index (χ3v) is 5.55. The van der Waals surface area contributed by atoms with Crippen molar-refractivity contribution in [3.05, 3.63) is 59.7 Å². The number of morpholine rings is 1. The Bertz CT molecular complexity index is 813. The van der Waals surface area contributed by atoms with Crippen LogP contribution in [0.4, 0.5) is 0 Å². The van der Waals surface area contributed by atoms with E-state index in [0.29, 0.717) is 17.7 Å². The molecule has 0 atom stereocenters. The summed E-state index contributed by atoms with van der Waals surface area (Å²) in [4.78, 5) is 16.7. The van der Waals surface area contributed by atoms with Crippen molar-refractivity contribution >= 4 is 17.7 Å². The van der Waals surface area contributed by atoms with Crippen molar-refractivity contribution in [1.82, 2.24) is 10.2 Å². The summed E-state index contributed by atoms with van der Waals surface area (Å²) in [6.07, 6.45) is 0.915. The van der Waals surface area contributed by atoms with Gasteiger partial charge in [-0.3, -0.25) is 9.69 Å². The molecule has 1 amide bonds. The van der Waals surface area contributed by atoms with Crippen LogP contribution in [0.15, 0.2) is 58.3 Å². The lowest BCUT2D eigenvalue weighted by atomic mass is 10.2. The smallest absolute Gasteiger partial charge is 0.252 e. The van der Waals surface area contributed by atoms with Crippen LogP contribution in [0, 0.1) is 11.3 Å². The number of nitriles is 1. The number of benzene rings is 2. The van der Waals surface area contributed by atoms with Crippen LogP contribution in [0.2, 0.25) is 0 Å². The van der Waals surface area contributed by atoms with Gasteiger partial charge in [-0.15, -0.1) is 0 Å². The fourth-order valence-electron chi connectivity index (χ4n) is 2.93. The molecule has 0 aliphatic carbocycles. The van der Waals surface area contributed by atoms with Crippen LogP contribution in [0.3, 0.4) is 0 Å². The summed E-state index contributed by atoms with van der Waals surface area (Å²) in [5.41, 5.74) is 1.25. The zero-order valence-electron chi connectivity index (χ0n) is 15.2. The average molecular weight is 382 g/mol. The molecular weight excluding hydrogens is 358 g/mol. The normalized spacial score (nSPS) is 14.5. The highest BCUT2D eigenvalue weighted by Gasteiger charge is 2.14. The molecule has 1 aliphatic heterocycles. The summed E-state index contributed by atoms with van der Waals surface area (Å²) in [7, 11) is 0. The van der Waals surface area contributed by atoms with Gasteiger partial charge in [0.15, 0.2) is 0 Å². The second kappa shape index (κ2) is 10.1. The number of hydrogen-bond donors (Lipinski definition) is 1. The molecule has 2 aromatic rings. The molecule has 1 fully saturated rings. The third-order valence-electron chi connectivity index (χ3n) is 4.40. The summed E-state index contributed by atoms with van der Waals surface area (Å²) in [6.45, 7) is 5.12. The Morgan fingerprint density at radius 2 is 1.81 bits per heavy atom. The number of nitrogens with one attached hydrogen (secondary N) is 1. The van der Waals surface area contributed by atoms with Gasteiger partial charge < -0.3 is 10.1 Å². The Hall–Kier alpha value is -2.33. The summed E-state index contributed by atoms with van der Waals surface area (Å²) in [5, 5.41) is 12.3. The number of rotatable bonds is 7. The molecule has 0 unspecified atom stereocenters. The SMILES string of the molecule is N#Cc1ccccc1Sc1ccccc1C(=O)NCCCN1CCOCC1. The predicted octanol–water partition coefficient (Wildman–Crippen LogP) is 3.16. The first-order valence-corrected chi connectivity index (χ1v) is 9.94. The van der Waals surface area contributed by atoms with E-state index in [4.69, 9.17) is 4.74 Å². The molecule has 2 aromatic carbocycles. The van der Waals surface area contributed by atoms with Gasteiger partial charge in [0.1, 0.15) is 6.07 Å². The van der Waals surface area contributed by atoms with Crippen LogP contribution in [0.1, 0.15) is 22.3 Å². The number of amides is 1. The number of ether oxygens (including phenoxy) is 1. The topological polar surface area (TPSA) is 65.4 Å². The standard InChI is InChI=1S/C21H23N3O2S/c22-16-17-6-1-3-8-19(17)27-20-9-4-2-7-18(20)21(25)23-10-5-11-24-12-14-26-15-13-24/h1-4,6-9H,5,10-15H2,(H,23,25). The van der Waals surface area contributed by atoms with Crippen LogP contribution >= 0.6 is 11.8 Å². The van der Waals surface area contributed by atoms with E-state index >= 15 is 0 Å². The van der Waals surface area contributed by atoms with Gasteiger partial charge in [0.25, 0.3) is 5.91 Å². The van der Waals surface area contributed by atoms with Crippen LogP contribution < -0.4 is 5.32 Å². The summed E-state index contributed by atoms with van der Waals surface area (Å²) in [5.74, 6) is -0.0745. The average Bonchev–Trinajstić information content (AvgIpc) is 2.72. The van der Waals surface area contributed by atoms with E-state index in [0.717, 1.165) is 49.1 Å². The zero-order chi connectivity index (χ0) is 18.9. The van der Waals surface area contributed by atoms with Gasteiger partial charge in [0.2, 0.25) is 0 Å². The second-order valence-electron chi connectivity index (χ2n) is 6.27. The van der Waals surface area contributed by atoms with Crippen molar-refractivity contribution in [3.8, 4) is 6.07 Å². The first-order chi connectivity index (χ1) is 13.3. The summed E-state index contributed by atoms with van der Waals surface area (Å²) >= 11 is 1.45. The Morgan fingerprint density at radius 3 is 2.59 bits per heavy atom. The van der Waals surface area contributed by atoms with Gasteiger partial charge in [-0.1, -0.05) is 36.0 Å². The molecule has 140 valence electrons. The fourth-order valence-corrected chi connectivity index (χ4v) is 3.96. The molecule has 3 rings (SSSR count). The highest BCUT2D eigenvalue weighted by atomic mass is 32.2. The number of carbonyl (C=O) groups is 1. The molecular formula is C21H23N3O2S. The highest BCUT2D eigenvalue weighted by Crippen LogP contribution is 2.32. The van der Waals surface area contributed by atoms with E-state index in [-0.39, 0.29) is 5.91 Å². The number of nitrogens with zero attached hydrogens (tertiary/aromatic N) is 2. The molecule has 0 spiro atoms. The minimum Gasteiger partial charge on any atom is -0.379 e. The van der Waals surface area contributed by atoms with Gasteiger partial charge in [-0.2, -0.15) is 5.26 Å². The lowest BCUT2D eigenvalue weighted by molar-refractivity contribution is 0.0374. The Morgan fingerprint density at radius 1 is 1.11 bits per heavy atom. The largest absolute Gasteiger partial charge is 0.379 e. The van der Waals surface area contributed by atoms with E-state index in [1.54, 1.807) is 6.07 Å². The molecule has 27 heavy (non-hydrogen) atoms. The molecule has 0 aromatic heterocycles. The summed E-state index contributed by atoms with van der Waals surface area (Å²) in [6, 6.07) is 17.2. The first-order valence-electron chi connectivity index (χ1n) is 9.12. The van der Waals surface area contributed by atoms with Crippen LogP contribution in [0.25, 0.3) is 0 Å². The molecule has 1 heterocycles. The van der Waals surface area contributed by atoms with Gasteiger partial charge >= 0.3 is 0 Å². The second-order valence-corrected chi connectivity index (χ2v) is 7.35. The van der Waals surface area contributed by atoms with Crippen molar-refractivity contribution in [3.63, 3.8) is 0 Å². The third kappa shape index (κ3) is 5.57. The Labute approximate surface area is 164 Å². The molecule has 6 heteroatoms. The van der Waals surface area contributed by atoms with E-state index in [2.05, 4.69) is 16.3 Å². The fraction of sp³-hybridized carbons (Fsp3) is 0.333. The minimum absolute atomic E-state index is 0.0745. The quantitative estimate of drug-likeness (QED) is 0.747. The van der Waals surface area contributed by atoms with Gasteiger partial charge in [0, 0.05) is 29.4 Å². The molecule has 0 bridgehead atoms. The van der Waals surface area contributed by atoms with E-state index in [9.17, 15) is 10.1 Å². The summed E-state index contributed by atoms with van der Waals surface area (Å²) < 4.78 is 5.35. The maximum atomic E-state index is 12.6. The molecule has 5 nitrogen and oxygen atoms in total. The molecule has 0 saturated carbocycles. The van der Waals surface area contributed by atoms with E-state index < -0.39 is 0 Å². The van der Waals surface area contributed by atoms with Crippen molar-refractivity contribution in [2.24, 2.45) is 0 Å². The highest BCUT2D eigenvalue weighted by molar-refractivity contribution is 7.99. The van der Waals surface area contributed by atoms with Crippen molar-refractivity contribution < 1.29 is 9.53 Å². The number of hydrogen-bond acceptors (Lipinski definition) is 5. The molecule has 0 radical (unpaired) electrons. The van der Waals surface area contributed by atoms with Crippen molar-refractivity contribution in [1.29, 1.82) is 5.26 Å².